The lowest BCUT2D eigenvalue weighted by atomic mass is 9.99. The molecule has 2 aromatic rings. The Morgan fingerprint density at radius 1 is 1.21 bits per heavy atom. The molecule has 3 rings (SSSR count). The third-order valence-electron chi connectivity index (χ3n) is 3.27. The second-order valence-electron chi connectivity index (χ2n) is 4.53. The average molecular weight is 255 g/mol. The molecule has 0 aliphatic carbocycles. The van der Waals surface area contributed by atoms with Crippen molar-refractivity contribution in [1.29, 1.82) is 0 Å². The van der Waals surface area contributed by atoms with Gasteiger partial charge in [-0.15, -0.1) is 0 Å². The number of nitrogens with two attached hydrogens (primary N) is 1. The average Bonchev–Trinajstić information content (AvgIpc) is 2.65. The fraction of sp³-hybridized carbons (Fsp3) is 0.0714. The first-order valence-corrected chi connectivity index (χ1v) is 5.90. The van der Waals surface area contributed by atoms with Crippen LogP contribution in [0.3, 0.4) is 0 Å². The van der Waals surface area contributed by atoms with Crippen molar-refractivity contribution in [3.63, 3.8) is 0 Å². The van der Waals surface area contributed by atoms with E-state index in [1.807, 2.05) is 31.2 Å². The van der Waals surface area contributed by atoms with Gasteiger partial charge >= 0.3 is 5.96 Å². The highest BCUT2D eigenvalue weighted by atomic mass is 16.5. The molecule has 5 heteroatoms. The highest BCUT2D eigenvalue weighted by molar-refractivity contribution is 5.88. The van der Waals surface area contributed by atoms with Crippen LogP contribution in [-0.2, 0) is 0 Å². The van der Waals surface area contributed by atoms with E-state index in [4.69, 9.17) is 5.73 Å². The lowest BCUT2D eigenvalue weighted by Crippen LogP contribution is -3.05. The van der Waals surface area contributed by atoms with E-state index in [1.54, 1.807) is 6.07 Å². The highest BCUT2D eigenvalue weighted by Crippen LogP contribution is 2.39. The fourth-order valence-electron chi connectivity index (χ4n) is 2.26. The summed E-state index contributed by atoms with van der Waals surface area (Å²) in [5.41, 5.74) is 8.92. The van der Waals surface area contributed by atoms with E-state index in [0.717, 1.165) is 11.1 Å². The number of nitrogens with one attached hydrogen (secondary N) is 1. The molecule has 96 valence electrons. The molecule has 1 aliphatic rings. The first kappa shape index (κ1) is 11.7. The number of benzene rings is 2. The molecule has 1 aliphatic heterocycles. The molecule has 0 spiro atoms. The quantitative estimate of drug-likeness (QED) is 0.531. The molecule has 0 radical (unpaired) electrons. The number of rotatable bonds is 1. The lowest BCUT2D eigenvalue weighted by Gasteiger charge is -2.16. The maximum atomic E-state index is 11.8. The molecule has 19 heavy (non-hydrogen) atoms. The number of guanidine groups is 1. The minimum atomic E-state index is -0.287. The number of phenolic OH excluding ortho intramolecular Hbond substituents is 1. The molecule has 0 saturated carbocycles. The highest BCUT2D eigenvalue weighted by Gasteiger charge is 2.24. The van der Waals surface area contributed by atoms with E-state index < -0.39 is 0 Å². The fourth-order valence-corrected chi connectivity index (χ4v) is 2.26. The van der Waals surface area contributed by atoms with Crippen molar-refractivity contribution in [3.8, 4) is 16.9 Å². The summed E-state index contributed by atoms with van der Waals surface area (Å²) < 4.78 is 0. The Kier molecular flexibility index (Phi) is 2.51. The second kappa shape index (κ2) is 4.08. The molecule has 4 N–H and O–H groups in total. The van der Waals surface area contributed by atoms with Crippen molar-refractivity contribution in [2.45, 2.75) is 6.92 Å². The molecule has 0 bridgehead atoms. The molecular weight excluding hydrogens is 242 g/mol. The molecule has 0 amide bonds. The zero-order valence-corrected chi connectivity index (χ0v) is 10.3. The molecule has 1 atom stereocenters. The molecule has 0 aromatic heterocycles. The number of hydroxylamine groups is 1. The summed E-state index contributed by atoms with van der Waals surface area (Å²) in [5.74, 6) is 0.0654. The minimum Gasteiger partial charge on any atom is -0.621 e. The summed E-state index contributed by atoms with van der Waals surface area (Å²) >= 11 is 0. The number of nitrogens with zero attached hydrogens (tertiary/aromatic N) is 1. The number of aliphatic imine (C=N–C) groups is 1. The van der Waals surface area contributed by atoms with E-state index >= 15 is 0 Å². The molecule has 0 saturated heterocycles. The van der Waals surface area contributed by atoms with E-state index in [2.05, 4.69) is 4.99 Å². The van der Waals surface area contributed by atoms with Gasteiger partial charge in [0.05, 0.1) is 0 Å². The van der Waals surface area contributed by atoms with Crippen LogP contribution in [0, 0.1) is 12.1 Å². The monoisotopic (exact) mass is 255 g/mol. The summed E-state index contributed by atoms with van der Waals surface area (Å²) in [4.78, 5) is 3.94. The summed E-state index contributed by atoms with van der Waals surface area (Å²) in [5, 5.41) is 21.7. The Hall–Kier alpha value is -2.37. The lowest BCUT2D eigenvalue weighted by molar-refractivity contribution is -0.665. The largest absolute Gasteiger partial charge is 0.621 e. The third-order valence-corrected chi connectivity index (χ3v) is 3.27. The van der Waals surface area contributed by atoms with E-state index in [0.29, 0.717) is 16.9 Å². The van der Waals surface area contributed by atoms with Gasteiger partial charge in [0, 0.05) is 17.7 Å². The molecule has 0 fully saturated rings. The predicted octanol–water partition coefficient (Wildman–Crippen LogP) is 1.34. The first-order valence-electron chi connectivity index (χ1n) is 5.90. The first-order chi connectivity index (χ1) is 9.08. The zero-order chi connectivity index (χ0) is 13.6. The van der Waals surface area contributed by atoms with E-state index in [-0.39, 0.29) is 16.8 Å². The predicted molar refractivity (Wildman–Crippen MR) is 73.6 cm³/mol. The number of fused-ring (bicyclic) bond motifs is 1. The number of hydrogen-bond donors (Lipinski definition) is 3. The van der Waals surface area contributed by atoms with Crippen molar-refractivity contribution >= 4 is 17.3 Å². The van der Waals surface area contributed by atoms with Crippen LogP contribution in [0.25, 0.3) is 11.1 Å². The Bertz CT molecular complexity index is 695. The van der Waals surface area contributed by atoms with Crippen LogP contribution in [-0.4, -0.2) is 11.1 Å². The van der Waals surface area contributed by atoms with Gasteiger partial charge in [0.2, 0.25) is 0 Å². The molecule has 5 nitrogen and oxygen atoms in total. The third kappa shape index (κ3) is 1.76. The summed E-state index contributed by atoms with van der Waals surface area (Å²) in [6.45, 7) is 1.95. The number of aryl methyl sites for hydroxylation is 1. The standard InChI is InChI=1S/C14H13N3O2/c1-8-4-2-3-5-9(8)10-6-12-11(7-13(10)18)16-14(15)17(12)19/h2-7,17-18H,1H3,(H2,15,16). The maximum absolute atomic E-state index is 11.8. The zero-order valence-electron chi connectivity index (χ0n) is 10.3. The second-order valence-corrected chi connectivity index (χ2v) is 4.53. The van der Waals surface area contributed by atoms with Crippen molar-refractivity contribution in [3.05, 3.63) is 47.2 Å². The van der Waals surface area contributed by atoms with Gasteiger partial charge in [-0.05, 0) is 18.1 Å². The smallest absolute Gasteiger partial charge is 0.304 e. The van der Waals surface area contributed by atoms with Crippen molar-refractivity contribution in [2.24, 2.45) is 10.7 Å². The summed E-state index contributed by atoms with van der Waals surface area (Å²) in [6.07, 6.45) is 0. The number of hydrogen-bond acceptors (Lipinski definition) is 4. The van der Waals surface area contributed by atoms with Gasteiger partial charge in [-0.2, -0.15) is 4.99 Å². The summed E-state index contributed by atoms with van der Waals surface area (Å²) in [7, 11) is 0. The Morgan fingerprint density at radius 2 is 1.95 bits per heavy atom. The van der Waals surface area contributed by atoms with Crippen LogP contribution in [0.15, 0.2) is 41.4 Å². The Balaban J connectivity index is 2.20. The van der Waals surface area contributed by atoms with Crippen LogP contribution in [0.1, 0.15) is 5.56 Å². The molecule has 1 unspecified atom stereocenters. The Labute approximate surface area is 110 Å². The van der Waals surface area contributed by atoms with Gasteiger partial charge in [0.1, 0.15) is 11.4 Å². The van der Waals surface area contributed by atoms with Crippen molar-refractivity contribution in [1.82, 2.24) is 0 Å². The Morgan fingerprint density at radius 3 is 2.68 bits per heavy atom. The van der Waals surface area contributed by atoms with Crippen molar-refractivity contribution < 1.29 is 10.2 Å². The summed E-state index contributed by atoms with van der Waals surface area (Å²) in [6, 6.07) is 10.8. The normalized spacial score (nSPS) is 17.2. The van der Waals surface area contributed by atoms with Gasteiger partial charge < -0.3 is 16.0 Å². The molecule has 1 heterocycles. The van der Waals surface area contributed by atoms with Gasteiger partial charge in [0.25, 0.3) is 0 Å². The van der Waals surface area contributed by atoms with Crippen LogP contribution in [0.4, 0.5) is 11.4 Å². The van der Waals surface area contributed by atoms with Crippen LogP contribution >= 0.6 is 0 Å². The van der Waals surface area contributed by atoms with E-state index in [9.17, 15) is 10.3 Å². The number of quaternary nitrogens is 1. The van der Waals surface area contributed by atoms with Gasteiger partial charge in [-0.25, -0.2) is 0 Å². The molecular formula is C14H13N3O2. The number of aromatic hydroxyl groups is 1. The van der Waals surface area contributed by atoms with Gasteiger partial charge in [0.15, 0.2) is 5.69 Å². The van der Waals surface area contributed by atoms with E-state index in [1.165, 1.54) is 6.07 Å². The maximum Gasteiger partial charge on any atom is 0.304 e. The number of phenols is 1. The van der Waals surface area contributed by atoms with Crippen LogP contribution in [0.5, 0.6) is 5.75 Å². The van der Waals surface area contributed by atoms with Crippen LogP contribution < -0.4 is 10.8 Å². The van der Waals surface area contributed by atoms with Gasteiger partial charge in [-0.3, -0.25) is 5.06 Å². The minimum absolute atomic E-state index is 0.0312. The topological polar surface area (TPSA) is 86.1 Å². The van der Waals surface area contributed by atoms with Gasteiger partial charge in [-0.1, -0.05) is 24.3 Å². The molecule has 2 aromatic carbocycles. The van der Waals surface area contributed by atoms with Crippen molar-refractivity contribution in [2.75, 3.05) is 0 Å². The SMILES string of the molecule is Cc1ccccc1-c1cc2c(cc1O)N=C(N)[NH+]2[O-]. The van der Waals surface area contributed by atoms with Crippen LogP contribution in [0.2, 0.25) is 0 Å².